The Hall–Kier alpha value is -2.25. The first kappa shape index (κ1) is 17.6. The number of halogens is 1. The van der Waals surface area contributed by atoms with Gasteiger partial charge in [0.1, 0.15) is 10.6 Å². The van der Waals surface area contributed by atoms with Gasteiger partial charge in [0.25, 0.3) is 5.56 Å². The van der Waals surface area contributed by atoms with Gasteiger partial charge in [-0.1, -0.05) is 19.9 Å². The van der Waals surface area contributed by atoms with E-state index >= 15 is 0 Å². The molecule has 0 spiro atoms. The number of aliphatic hydroxyl groups is 1. The molecule has 0 amide bonds. The molecule has 132 valence electrons. The number of aliphatic hydroxyl groups excluding tert-OH is 1. The van der Waals surface area contributed by atoms with Gasteiger partial charge in [-0.05, 0) is 23.6 Å². The summed E-state index contributed by atoms with van der Waals surface area (Å²) in [6.07, 6.45) is 0. The molecule has 2 aromatic heterocycles. The second-order valence-corrected chi connectivity index (χ2v) is 7.30. The first-order valence-electron chi connectivity index (χ1n) is 7.95. The summed E-state index contributed by atoms with van der Waals surface area (Å²) in [6.45, 7) is 4.10. The number of hydrogen-bond donors (Lipinski definition) is 1. The highest BCUT2D eigenvalue weighted by Gasteiger charge is 2.18. The minimum absolute atomic E-state index is 0.171. The van der Waals surface area contributed by atoms with E-state index in [-0.39, 0.29) is 22.7 Å². The number of hydrogen-bond acceptors (Lipinski definition) is 4. The number of fused-ring (bicyclic) bond motifs is 1. The number of benzene rings is 1. The Morgan fingerprint density at radius 3 is 2.64 bits per heavy atom. The zero-order chi connectivity index (χ0) is 18.3. The smallest absolute Gasteiger partial charge is 0.331 e. The monoisotopic (exact) mass is 362 g/mol. The maximum atomic E-state index is 13.7. The number of aromatic nitrogens is 2. The molecule has 0 aliphatic carbocycles. The van der Waals surface area contributed by atoms with Crippen LogP contribution >= 0.6 is 11.3 Å². The molecule has 0 aliphatic heterocycles. The molecule has 0 unspecified atom stereocenters. The highest BCUT2D eigenvalue weighted by Crippen LogP contribution is 2.32. The minimum atomic E-state index is -0.490. The lowest BCUT2D eigenvalue weighted by molar-refractivity contribution is 0.276. The molecule has 0 bridgehead atoms. The molecule has 0 saturated heterocycles. The molecule has 3 rings (SSSR count). The molecule has 2 heterocycles. The lowest BCUT2D eigenvalue weighted by Gasteiger charge is -2.12. The van der Waals surface area contributed by atoms with Gasteiger partial charge in [-0.2, -0.15) is 0 Å². The first-order chi connectivity index (χ1) is 11.8. The highest BCUT2D eigenvalue weighted by molar-refractivity contribution is 7.17. The fourth-order valence-electron chi connectivity index (χ4n) is 2.88. The van der Waals surface area contributed by atoms with Crippen molar-refractivity contribution in [1.82, 2.24) is 9.13 Å². The van der Waals surface area contributed by atoms with E-state index in [1.165, 1.54) is 30.5 Å². The van der Waals surface area contributed by atoms with Crippen LogP contribution in [-0.4, -0.2) is 14.2 Å². The van der Waals surface area contributed by atoms with Gasteiger partial charge in [-0.3, -0.25) is 13.9 Å². The van der Waals surface area contributed by atoms with Crippen LogP contribution in [0.1, 0.15) is 19.4 Å². The van der Waals surface area contributed by atoms with Crippen molar-refractivity contribution in [2.24, 2.45) is 13.0 Å². The maximum Gasteiger partial charge on any atom is 0.331 e. The molecule has 0 saturated carbocycles. The topological polar surface area (TPSA) is 64.2 Å². The second kappa shape index (κ2) is 6.57. The Balaban J connectivity index is 2.34. The second-order valence-electron chi connectivity index (χ2n) is 6.45. The van der Waals surface area contributed by atoms with Crippen LogP contribution in [0, 0.1) is 11.7 Å². The van der Waals surface area contributed by atoms with E-state index in [0.717, 1.165) is 4.57 Å². The summed E-state index contributed by atoms with van der Waals surface area (Å²) in [6, 6.07) is 4.39. The summed E-state index contributed by atoms with van der Waals surface area (Å²) < 4.78 is 16.4. The van der Waals surface area contributed by atoms with Crippen molar-refractivity contribution < 1.29 is 9.50 Å². The Morgan fingerprint density at radius 2 is 2.00 bits per heavy atom. The van der Waals surface area contributed by atoms with Crippen LogP contribution in [0.15, 0.2) is 33.2 Å². The van der Waals surface area contributed by atoms with E-state index in [4.69, 9.17) is 0 Å². The van der Waals surface area contributed by atoms with Crippen LogP contribution in [-0.2, 0) is 20.2 Å². The van der Waals surface area contributed by atoms with Crippen molar-refractivity contribution in [3.63, 3.8) is 0 Å². The average molecular weight is 362 g/mol. The Morgan fingerprint density at radius 1 is 1.28 bits per heavy atom. The van der Waals surface area contributed by atoms with E-state index < -0.39 is 12.4 Å². The fraction of sp³-hybridized carbons (Fsp3) is 0.333. The SMILES string of the molecule is CC(C)Cn1c(=O)n(C)c(=O)c2c(-c3ccc(F)c(CO)c3)csc21. The van der Waals surface area contributed by atoms with E-state index in [1.807, 2.05) is 13.8 Å². The Labute approximate surface area is 147 Å². The van der Waals surface area contributed by atoms with Crippen molar-refractivity contribution in [1.29, 1.82) is 0 Å². The van der Waals surface area contributed by atoms with E-state index in [1.54, 1.807) is 16.0 Å². The highest BCUT2D eigenvalue weighted by atomic mass is 32.1. The van der Waals surface area contributed by atoms with Crippen molar-refractivity contribution >= 4 is 21.6 Å². The summed E-state index contributed by atoms with van der Waals surface area (Å²) in [4.78, 5) is 25.8. The van der Waals surface area contributed by atoms with Crippen LogP contribution in [0.4, 0.5) is 4.39 Å². The maximum absolute atomic E-state index is 13.7. The van der Waals surface area contributed by atoms with Crippen molar-refractivity contribution in [2.75, 3.05) is 0 Å². The summed E-state index contributed by atoms with van der Waals surface area (Å²) in [5.41, 5.74) is 0.751. The lowest BCUT2D eigenvalue weighted by Crippen LogP contribution is -2.38. The van der Waals surface area contributed by atoms with Crippen molar-refractivity contribution in [3.8, 4) is 11.1 Å². The molecule has 0 radical (unpaired) electrons. The van der Waals surface area contributed by atoms with Crippen LogP contribution in [0.5, 0.6) is 0 Å². The molecule has 3 aromatic rings. The summed E-state index contributed by atoms with van der Waals surface area (Å²) in [7, 11) is 1.46. The molecule has 1 aromatic carbocycles. The first-order valence-corrected chi connectivity index (χ1v) is 8.83. The average Bonchev–Trinajstić information content (AvgIpc) is 3.02. The third-order valence-corrected chi connectivity index (χ3v) is 5.13. The summed E-state index contributed by atoms with van der Waals surface area (Å²) in [5.74, 6) is -0.244. The Kier molecular flexibility index (Phi) is 4.62. The molecular formula is C18H19FN2O3S. The van der Waals surface area contributed by atoms with Gasteiger partial charge in [-0.25, -0.2) is 9.18 Å². The Bertz CT molecular complexity index is 1060. The standard InChI is InChI=1S/C18H19FN2O3S/c1-10(2)7-21-17-15(16(23)20(3)18(21)24)13(9-25-17)11-4-5-14(19)12(6-11)8-22/h4-6,9-10,22H,7-8H2,1-3H3. The number of nitrogens with zero attached hydrogens (tertiary/aromatic N) is 2. The fourth-order valence-corrected chi connectivity index (χ4v) is 3.96. The van der Waals surface area contributed by atoms with E-state index in [9.17, 15) is 19.1 Å². The quantitative estimate of drug-likeness (QED) is 0.776. The van der Waals surface area contributed by atoms with E-state index in [2.05, 4.69) is 0 Å². The van der Waals surface area contributed by atoms with Gasteiger partial charge in [0.15, 0.2) is 0 Å². The zero-order valence-corrected chi connectivity index (χ0v) is 15.1. The van der Waals surface area contributed by atoms with Gasteiger partial charge in [0, 0.05) is 30.1 Å². The van der Waals surface area contributed by atoms with Crippen molar-refractivity contribution in [2.45, 2.75) is 27.0 Å². The minimum Gasteiger partial charge on any atom is -0.392 e. The molecular weight excluding hydrogens is 343 g/mol. The van der Waals surface area contributed by atoms with Crippen LogP contribution in [0.3, 0.4) is 0 Å². The van der Waals surface area contributed by atoms with Gasteiger partial charge in [-0.15, -0.1) is 11.3 Å². The molecule has 0 aliphatic rings. The lowest BCUT2D eigenvalue weighted by atomic mass is 10.0. The molecule has 5 nitrogen and oxygen atoms in total. The molecule has 1 N–H and O–H groups in total. The molecule has 25 heavy (non-hydrogen) atoms. The van der Waals surface area contributed by atoms with Gasteiger partial charge in [0.2, 0.25) is 0 Å². The number of rotatable bonds is 4. The summed E-state index contributed by atoms with van der Waals surface area (Å²) in [5, 5.41) is 11.5. The number of thiophene rings is 1. The summed E-state index contributed by atoms with van der Waals surface area (Å²) >= 11 is 1.33. The van der Waals surface area contributed by atoms with E-state index in [0.29, 0.717) is 27.9 Å². The predicted octanol–water partition coefficient (Wildman–Crippen LogP) is 2.72. The molecule has 0 fully saturated rings. The van der Waals surface area contributed by atoms with Gasteiger partial charge >= 0.3 is 5.69 Å². The van der Waals surface area contributed by atoms with Gasteiger partial charge < -0.3 is 5.11 Å². The normalized spacial score (nSPS) is 11.6. The molecule has 0 atom stereocenters. The van der Waals surface area contributed by atoms with Crippen LogP contribution in [0.25, 0.3) is 21.3 Å². The third-order valence-electron chi connectivity index (χ3n) is 4.13. The zero-order valence-electron chi connectivity index (χ0n) is 14.2. The van der Waals surface area contributed by atoms with Gasteiger partial charge in [0.05, 0.1) is 12.0 Å². The molecule has 7 heteroatoms. The van der Waals surface area contributed by atoms with Crippen molar-refractivity contribution in [3.05, 3.63) is 55.8 Å². The predicted molar refractivity (Wildman–Crippen MR) is 97.5 cm³/mol. The third kappa shape index (κ3) is 2.94. The van der Waals surface area contributed by atoms with Crippen LogP contribution in [0.2, 0.25) is 0 Å². The van der Waals surface area contributed by atoms with Crippen LogP contribution < -0.4 is 11.2 Å². The largest absolute Gasteiger partial charge is 0.392 e.